The van der Waals surface area contributed by atoms with Crippen LogP contribution in [0.2, 0.25) is 0 Å². The lowest BCUT2D eigenvalue weighted by Crippen LogP contribution is -2.39. The van der Waals surface area contributed by atoms with Crippen molar-refractivity contribution in [3.8, 4) is 0 Å². The second kappa shape index (κ2) is 9.81. The topological polar surface area (TPSA) is 119 Å². The summed E-state index contributed by atoms with van der Waals surface area (Å²) >= 11 is 0. The first-order chi connectivity index (χ1) is 11.1. The fourth-order valence-electron chi connectivity index (χ4n) is 2.48. The van der Waals surface area contributed by atoms with Gasteiger partial charge in [-0.05, 0) is 18.4 Å². The maximum Gasteiger partial charge on any atom is 0.347 e. The molecule has 0 fully saturated rings. The van der Waals surface area contributed by atoms with Crippen LogP contribution in [0.25, 0.3) is 0 Å². The summed E-state index contributed by atoms with van der Waals surface area (Å²) in [6.45, 7) is 1.76. The molecular formula is C15H28NO6P2+. The highest BCUT2D eigenvalue weighted by Crippen LogP contribution is 2.59. The predicted molar refractivity (Wildman–Crippen MR) is 91.6 cm³/mol. The van der Waals surface area contributed by atoms with Crippen LogP contribution in [0.1, 0.15) is 51.0 Å². The third kappa shape index (κ3) is 8.02. The summed E-state index contributed by atoms with van der Waals surface area (Å²) in [6, 6.07) is 3.64. The van der Waals surface area contributed by atoms with Gasteiger partial charge in [-0.25, -0.2) is 4.57 Å². The van der Waals surface area contributed by atoms with Crippen molar-refractivity contribution in [2.24, 2.45) is 0 Å². The molecule has 1 aromatic rings. The van der Waals surface area contributed by atoms with Gasteiger partial charge in [-0.3, -0.25) is 9.13 Å². The summed E-state index contributed by atoms with van der Waals surface area (Å²) in [6.07, 6.45) is 11.4. The summed E-state index contributed by atoms with van der Waals surface area (Å²) in [7, 11) is -9.78. The van der Waals surface area contributed by atoms with E-state index in [2.05, 4.69) is 6.92 Å². The highest BCUT2D eigenvalue weighted by atomic mass is 31.2. The average molecular weight is 380 g/mol. The number of rotatable bonds is 11. The molecule has 1 heterocycles. The molecule has 138 valence electrons. The van der Waals surface area contributed by atoms with Crippen molar-refractivity contribution < 1.29 is 33.3 Å². The van der Waals surface area contributed by atoms with Crippen molar-refractivity contribution in [1.82, 2.24) is 0 Å². The normalized spacial score (nSPS) is 12.8. The molecule has 0 spiro atoms. The van der Waals surface area contributed by atoms with Gasteiger partial charge < -0.3 is 19.6 Å². The minimum atomic E-state index is -4.89. The molecule has 0 aliphatic rings. The third-order valence-electron chi connectivity index (χ3n) is 3.93. The Balaban J connectivity index is 2.55. The number of hydrogen-bond acceptors (Lipinski definition) is 2. The van der Waals surface area contributed by atoms with E-state index < -0.39 is 27.1 Å². The molecule has 0 saturated heterocycles. The molecule has 0 radical (unpaired) electrons. The van der Waals surface area contributed by atoms with Crippen LogP contribution in [0.5, 0.6) is 0 Å². The van der Waals surface area contributed by atoms with Crippen LogP contribution >= 0.6 is 15.2 Å². The summed E-state index contributed by atoms with van der Waals surface area (Å²) < 4.78 is 24.0. The fourth-order valence-corrected chi connectivity index (χ4v) is 4.85. The quantitative estimate of drug-likeness (QED) is 0.266. The molecule has 9 heteroatoms. The molecule has 0 amide bonds. The molecule has 4 N–H and O–H groups in total. The molecule has 0 aliphatic heterocycles. The van der Waals surface area contributed by atoms with Gasteiger partial charge in [0.05, 0.1) is 0 Å². The van der Waals surface area contributed by atoms with Crippen LogP contribution in [-0.2, 0) is 22.1 Å². The van der Waals surface area contributed by atoms with Crippen LogP contribution in [0.4, 0.5) is 0 Å². The van der Waals surface area contributed by atoms with Gasteiger partial charge in [0.25, 0.3) is 0 Å². The highest BCUT2D eigenvalue weighted by molar-refractivity contribution is 7.70. The van der Waals surface area contributed by atoms with Crippen LogP contribution in [0.15, 0.2) is 24.5 Å². The van der Waals surface area contributed by atoms with E-state index in [0.717, 1.165) is 18.4 Å². The Bertz CT molecular complexity index is 558. The second-order valence-electron chi connectivity index (χ2n) is 6.08. The van der Waals surface area contributed by atoms with Crippen molar-refractivity contribution >= 4 is 15.2 Å². The number of pyridine rings is 1. The van der Waals surface area contributed by atoms with Crippen molar-refractivity contribution in [2.75, 3.05) is 0 Å². The number of aromatic nitrogens is 1. The van der Waals surface area contributed by atoms with Crippen LogP contribution in [0.3, 0.4) is 0 Å². The number of unbranched alkanes of at least 4 members (excludes halogenated alkanes) is 5. The average Bonchev–Trinajstić information content (AvgIpc) is 2.47. The summed E-state index contributed by atoms with van der Waals surface area (Å²) in [5.41, 5.74) is 1.10. The van der Waals surface area contributed by atoms with Gasteiger partial charge in [0, 0.05) is 12.1 Å². The Hall–Kier alpha value is -0.550. The predicted octanol–water partition coefficient (Wildman–Crippen LogP) is 2.56. The van der Waals surface area contributed by atoms with Crippen LogP contribution < -0.4 is 4.57 Å². The lowest BCUT2D eigenvalue weighted by molar-refractivity contribution is -0.694. The zero-order valence-electron chi connectivity index (χ0n) is 14.0. The van der Waals surface area contributed by atoms with E-state index in [4.69, 9.17) is 19.6 Å². The monoisotopic (exact) mass is 380 g/mol. The van der Waals surface area contributed by atoms with Gasteiger partial charge in [0.1, 0.15) is 0 Å². The van der Waals surface area contributed by atoms with Crippen molar-refractivity contribution in [3.63, 3.8) is 0 Å². The summed E-state index contributed by atoms with van der Waals surface area (Å²) in [5.74, 6) is 0. The van der Waals surface area contributed by atoms with Gasteiger partial charge in [0.15, 0.2) is 18.9 Å². The summed E-state index contributed by atoms with van der Waals surface area (Å²) in [5, 5.41) is -2.01. The SMILES string of the molecule is CCCCCCCCc1cc[n+](CC(P(=O)(O)O)P(=O)(O)O)cc1. The molecule has 7 nitrogen and oxygen atoms in total. The maximum absolute atomic E-state index is 11.3. The van der Waals surface area contributed by atoms with E-state index >= 15 is 0 Å². The number of aryl methyl sites for hydroxylation is 1. The van der Waals surface area contributed by atoms with Gasteiger partial charge in [0.2, 0.25) is 5.40 Å². The zero-order chi connectivity index (χ0) is 18.2. The minimum absolute atomic E-state index is 0.425. The molecule has 0 aromatic carbocycles. The first-order valence-electron chi connectivity index (χ1n) is 8.23. The summed E-state index contributed by atoms with van der Waals surface area (Å²) in [4.78, 5) is 36.6. The van der Waals surface area contributed by atoms with Gasteiger partial charge in [-0.15, -0.1) is 0 Å². The molecule has 0 aliphatic carbocycles. The van der Waals surface area contributed by atoms with Gasteiger partial charge in [-0.1, -0.05) is 39.0 Å². The van der Waals surface area contributed by atoms with Crippen LogP contribution in [0, 0.1) is 0 Å². The first kappa shape index (κ1) is 21.5. The molecule has 0 atom stereocenters. The molecule has 1 rings (SSSR count). The lowest BCUT2D eigenvalue weighted by Gasteiger charge is -2.16. The molecular weight excluding hydrogens is 352 g/mol. The second-order valence-corrected chi connectivity index (χ2v) is 10.1. The molecule has 24 heavy (non-hydrogen) atoms. The number of nitrogens with zero attached hydrogens (tertiary/aromatic N) is 1. The van der Waals surface area contributed by atoms with Gasteiger partial charge in [-0.2, -0.15) is 0 Å². The smallest absolute Gasteiger partial charge is 0.324 e. The minimum Gasteiger partial charge on any atom is -0.324 e. The molecule has 0 unspecified atom stereocenters. The van der Waals surface area contributed by atoms with E-state index in [1.165, 1.54) is 36.7 Å². The molecule has 0 bridgehead atoms. The lowest BCUT2D eigenvalue weighted by atomic mass is 10.1. The third-order valence-corrected chi connectivity index (χ3v) is 7.61. The Labute approximate surface area is 143 Å². The zero-order valence-corrected chi connectivity index (χ0v) is 15.8. The first-order valence-corrected chi connectivity index (χ1v) is 11.6. The maximum atomic E-state index is 11.3. The Morgan fingerprint density at radius 2 is 1.42 bits per heavy atom. The fraction of sp³-hybridized carbons (Fsp3) is 0.667. The number of hydrogen-bond donors (Lipinski definition) is 4. The highest BCUT2D eigenvalue weighted by Gasteiger charge is 2.46. The van der Waals surface area contributed by atoms with E-state index in [9.17, 15) is 9.13 Å². The largest absolute Gasteiger partial charge is 0.347 e. The van der Waals surface area contributed by atoms with E-state index in [0.29, 0.717) is 0 Å². The Morgan fingerprint density at radius 1 is 0.917 bits per heavy atom. The molecule has 1 aromatic heterocycles. The van der Waals surface area contributed by atoms with Crippen LogP contribution in [-0.4, -0.2) is 25.0 Å². The Morgan fingerprint density at radius 3 is 1.92 bits per heavy atom. The Kier molecular flexibility index (Phi) is 8.78. The van der Waals surface area contributed by atoms with Crippen molar-refractivity contribution in [1.29, 1.82) is 0 Å². The van der Waals surface area contributed by atoms with E-state index in [1.54, 1.807) is 12.4 Å². The standard InChI is InChI=1S/C15H27NO6P2/c1-2-3-4-5-6-7-8-14-9-11-16(12-10-14)13-15(23(17,18)19)24(20,21)22/h9-12,15H,2-8,13H2,1H3,(H3-,17,18,19,20,21,22)/p+1. The van der Waals surface area contributed by atoms with E-state index in [-0.39, 0.29) is 0 Å². The molecule has 0 saturated carbocycles. The van der Waals surface area contributed by atoms with Crippen molar-refractivity contribution in [3.05, 3.63) is 30.1 Å². The van der Waals surface area contributed by atoms with Crippen molar-refractivity contribution in [2.45, 2.75) is 63.8 Å². The van der Waals surface area contributed by atoms with E-state index in [1.807, 2.05) is 12.1 Å². The van der Waals surface area contributed by atoms with Gasteiger partial charge >= 0.3 is 15.2 Å².